The van der Waals surface area contributed by atoms with Crippen molar-refractivity contribution in [3.63, 3.8) is 0 Å². The van der Waals surface area contributed by atoms with Gasteiger partial charge in [0.2, 0.25) is 0 Å². The number of nitrogens with zero attached hydrogens (tertiary/aromatic N) is 2. The van der Waals surface area contributed by atoms with Gasteiger partial charge in [-0.2, -0.15) is 0 Å². The standard InChI is InChI=1S/C23H23N3O4/c1-4-23(29)17-7-19-20-15(9-26(19)21(27)16(17)10-30-22(23)28)14(8-24)13-5-11(2)12(3)6-18(13)25-20/h5-7,29H,4,8-10,24H2,1-3H3/t23-/m0/s1. The number of hydrogen-bond acceptors (Lipinski definition) is 6. The first-order valence-corrected chi connectivity index (χ1v) is 10.1. The second-order valence-corrected chi connectivity index (χ2v) is 8.18. The molecular formula is C23H23N3O4. The number of aromatic nitrogens is 2. The molecule has 5 rings (SSSR count). The van der Waals surface area contributed by atoms with Gasteiger partial charge in [0, 0.05) is 23.1 Å². The number of pyridine rings is 2. The molecule has 0 unspecified atom stereocenters. The Morgan fingerprint density at radius 2 is 1.93 bits per heavy atom. The van der Waals surface area contributed by atoms with Crippen molar-refractivity contribution in [2.24, 2.45) is 5.73 Å². The Bertz CT molecular complexity index is 1320. The van der Waals surface area contributed by atoms with E-state index in [2.05, 4.69) is 13.0 Å². The molecule has 7 nitrogen and oxygen atoms in total. The zero-order valence-electron chi connectivity index (χ0n) is 17.2. The zero-order valence-corrected chi connectivity index (χ0v) is 17.2. The number of hydrogen-bond donors (Lipinski definition) is 2. The maximum absolute atomic E-state index is 13.3. The average Bonchev–Trinajstić information content (AvgIpc) is 3.09. The minimum absolute atomic E-state index is 0.117. The molecule has 3 aromatic rings. The van der Waals surface area contributed by atoms with Crippen molar-refractivity contribution in [1.29, 1.82) is 0 Å². The Balaban J connectivity index is 1.84. The number of nitrogens with two attached hydrogens (primary N) is 1. The van der Waals surface area contributed by atoms with Crippen LogP contribution in [0.1, 0.15) is 46.7 Å². The second-order valence-electron chi connectivity index (χ2n) is 8.18. The van der Waals surface area contributed by atoms with Gasteiger partial charge < -0.3 is 20.1 Å². The number of fused-ring (bicyclic) bond motifs is 5. The molecule has 30 heavy (non-hydrogen) atoms. The van der Waals surface area contributed by atoms with Crippen molar-refractivity contribution >= 4 is 16.9 Å². The van der Waals surface area contributed by atoms with Gasteiger partial charge in [0.1, 0.15) is 6.61 Å². The zero-order chi connectivity index (χ0) is 21.4. The molecule has 7 heteroatoms. The van der Waals surface area contributed by atoms with Crippen LogP contribution in [0, 0.1) is 13.8 Å². The van der Waals surface area contributed by atoms with E-state index < -0.39 is 11.6 Å². The number of cyclic esters (lactones) is 1. The molecule has 0 bridgehead atoms. The summed E-state index contributed by atoms with van der Waals surface area (Å²) in [5, 5.41) is 12.0. The van der Waals surface area contributed by atoms with E-state index in [1.165, 1.54) is 0 Å². The van der Waals surface area contributed by atoms with Crippen LogP contribution in [-0.4, -0.2) is 20.6 Å². The minimum atomic E-state index is -1.83. The van der Waals surface area contributed by atoms with Crippen LogP contribution < -0.4 is 11.3 Å². The molecule has 2 aromatic heterocycles. The summed E-state index contributed by atoms with van der Waals surface area (Å²) in [6.07, 6.45) is 0.117. The van der Waals surface area contributed by atoms with E-state index in [9.17, 15) is 14.7 Å². The fourth-order valence-electron chi connectivity index (χ4n) is 4.65. The average molecular weight is 405 g/mol. The number of rotatable bonds is 2. The van der Waals surface area contributed by atoms with Crippen LogP contribution in [-0.2, 0) is 34.8 Å². The van der Waals surface area contributed by atoms with Gasteiger partial charge in [-0.05, 0) is 55.2 Å². The summed E-state index contributed by atoms with van der Waals surface area (Å²) >= 11 is 0. The van der Waals surface area contributed by atoms with Gasteiger partial charge in [-0.3, -0.25) is 4.79 Å². The van der Waals surface area contributed by atoms with Crippen LogP contribution in [0.25, 0.3) is 22.3 Å². The highest BCUT2D eigenvalue weighted by molar-refractivity contribution is 5.90. The first-order valence-electron chi connectivity index (χ1n) is 10.1. The molecule has 1 atom stereocenters. The summed E-state index contributed by atoms with van der Waals surface area (Å²) in [4.78, 5) is 30.5. The van der Waals surface area contributed by atoms with E-state index in [0.29, 0.717) is 35.6 Å². The first-order chi connectivity index (χ1) is 14.3. The molecule has 0 amide bonds. The fourth-order valence-corrected chi connectivity index (χ4v) is 4.65. The van der Waals surface area contributed by atoms with E-state index >= 15 is 0 Å². The van der Waals surface area contributed by atoms with Gasteiger partial charge in [-0.1, -0.05) is 6.92 Å². The van der Waals surface area contributed by atoms with Crippen LogP contribution in [0.15, 0.2) is 23.0 Å². The SMILES string of the molecule is CC[C@@]1(O)C(=O)OCc2c1cc1n(c2=O)Cc2c-1nc1cc(C)c(C)cc1c2CN. The smallest absolute Gasteiger partial charge is 0.343 e. The molecule has 0 spiro atoms. The van der Waals surface area contributed by atoms with Crippen LogP contribution >= 0.6 is 0 Å². The van der Waals surface area contributed by atoms with Crippen molar-refractivity contribution in [2.75, 3.05) is 0 Å². The second kappa shape index (κ2) is 6.23. The van der Waals surface area contributed by atoms with Crippen molar-refractivity contribution in [3.8, 4) is 11.4 Å². The van der Waals surface area contributed by atoms with E-state index in [-0.39, 0.29) is 18.6 Å². The maximum atomic E-state index is 13.3. The molecule has 0 radical (unpaired) electrons. The summed E-state index contributed by atoms with van der Waals surface area (Å²) in [5.74, 6) is -0.722. The molecule has 0 saturated heterocycles. The molecule has 154 valence electrons. The van der Waals surface area contributed by atoms with Gasteiger partial charge in [-0.15, -0.1) is 0 Å². The molecule has 2 aliphatic rings. The largest absolute Gasteiger partial charge is 0.458 e. The molecule has 1 aromatic carbocycles. The van der Waals surface area contributed by atoms with Crippen LogP contribution in [0.5, 0.6) is 0 Å². The minimum Gasteiger partial charge on any atom is -0.458 e. The number of ether oxygens (including phenoxy) is 1. The van der Waals surface area contributed by atoms with Gasteiger partial charge in [0.15, 0.2) is 5.60 Å². The Labute approximate surface area is 173 Å². The number of carbonyl (C=O) groups excluding carboxylic acids is 1. The lowest BCUT2D eigenvalue weighted by atomic mass is 9.86. The number of esters is 1. The third kappa shape index (κ3) is 2.30. The summed E-state index contributed by atoms with van der Waals surface area (Å²) in [7, 11) is 0. The highest BCUT2D eigenvalue weighted by atomic mass is 16.6. The van der Waals surface area contributed by atoms with E-state index in [1.54, 1.807) is 17.6 Å². The molecule has 4 heterocycles. The molecular weight excluding hydrogens is 382 g/mol. The Morgan fingerprint density at radius 1 is 1.20 bits per heavy atom. The van der Waals surface area contributed by atoms with Crippen molar-refractivity contribution in [2.45, 2.75) is 52.5 Å². The third-order valence-corrected chi connectivity index (χ3v) is 6.63. The first kappa shape index (κ1) is 19.0. The van der Waals surface area contributed by atoms with Crippen LogP contribution in [0.4, 0.5) is 0 Å². The van der Waals surface area contributed by atoms with Gasteiger partial charge in [0.25, 0.3) is 5.56 Å². The monoisotopic (exact) mass is 405 g/mol. The Hall–Kier alpha value is -3.03. The highest BCUT2D eigenvalue weighted by Crippen LogP contribution is 2.40. The number of benzene rings is 1. The number of carbonyl (C=O) groups is 1. The van der Waals surface area contributed by atoms with Gasteiger partial charge in [-0.25, -0.2) is 9.78 Å². The molecule has 2 aliphatic heterocycles. The van der Waals surface area contributed by atoms with Crippen molar-refractivity contribution in [3.05, 3.63) is 61.9 Å². The van der Waals surface area contributed by atoms with Crippen LogP contribution in [0.2, 0.25) is 0 Å². The summed E-state index contributed by atoms with van der Waals surface area (Å²) in [6, 6.07) is 5.86. The third-order valence-electron chi connectivity index (χ3n) is 6.63. The number of aryl methyl sites for hydroxylation is 2. The molecule has 0 fully saturated rings. The van der Waals surface area contributed by atoms with E-state index in [4.69, 9.17) is 15.5 Å². The Morgan fingerprint density at radius 3 is 2.63 bits per heavy atom. The van der Waals surface area contributed by atoms with Gasteiger partial charge in [0.05, 0.1) is 29.0 Å². The van der Waals surface area contributed by atoms with Crippen molar-refractivity contribution < 1.29 is 14.6 Å². The topological polar surface area (TPSA) is 107 Å². The quantitative estimate of drug-likeness (QED) is 0.495. The summed E-state index contributed by atoms with van der Waals surface area (Å²) in [5.41, 5.74) is 11.0. The lowest BCUT2D eigenvalue weighted by Gasteiger charge is -2.31. The summed E-state index contributed by atoms with van der Waals surface area (Å²) in [6.45, 7) is 6.33. The Kier molecular flexibility index (Phi) is 3.94. The maximum Gasteiger partial charge on any atom is 0.343 e. The highest BCUT2D eigenvalue weighted by Gasteiger charge is 2.45. The summed E-state index contributed by atoms with van der Waals surface area (Å²) < 4.78 is 6.77. The molecule has 3 N–H and O–H groups in total. The van der Waals surface area contributed by atoms with Crippen LogP contribution in [0.3, 0.4) is 0 Å². The number of aliphatic hydroxyl groups is 1. The fraction of sp³-hybridized carbons (Fsp3) is 0.348. The predicted molar refractivity (Wildman–Crippen MR) is 112 cm³/mol. The van der Waals surface area contributed by atoms with Crippen molar-refractivity contribution in [1.82, 2.24) is 9.55 Å². The van der Waals surface area contributed by atoms with E-state index in [1.807, 2.05) is 13.0 Å². The molecule has 0 saturated carbocycles. The van der Waals surface area contributed by atoms with E-state index in [0.717, 1.165) is 33.2 Å². The molecule has 0 aliphatic carbocycles. The normalized spacial score (nSPS) is 19.4. The van der Waals surface area contributed by atoms with Gasteiger partial charge >= 0.3 is 5.97 Å². The lowest BCUT2D eigenvalue weighted by molar-refractivity contribution is -0.172. The predicted octanol–water partition coefficient (Wildman–Crippen LogP) is 2.16. The lowest BCUT2D eigenvalue weighted by Crippen LogP contribution is -2.44.